The first kappa shape index (κ1) is 13.4. The molecular weight excluding hydrogens is 292 g/mol. The van der Waals surface area contributed by atoms with Crippen LogP contribution in [-0.4, -0.2) is 11.1 Å². The standard InChI is InChI=1S/C12H16BrClS/c1-2-10(7-13)8-15-9-11-5-3-4-6-12(11)14/h3-6,10H,2,7-9H2,1H3. The van der Waals surface area contributed by atoms with Crippen LogP contribution in [0.4, 0.5) is 0 Å². The first-order valence-corrected chi connectivity index (χ1v) is 7.80. The maximum absolute atomic E-state index is 6.08. The van der Waals surface area contributed by atoms with Crippen molar-refractivity contribution in [1.82, 2.24) is 0 Å². The molecule has 1 aromatic rings. The van der Waals surface area contributed by atoms with E-state index in [1.807, 2.05) is 30.0 Å². The van der Waals surface area contributed by atoms with E-state index in [0.717, 1.165) is 22.0 Å². The zero-order valence-corrected chi connectivity index (χ0v) is 12.0. The van der Waals surface area contributed by atoms with Gasteiger partial charge in [-0.1, -0.05) is 59.1 Å². The molecule has 1 aromatic carbocycles. The topological polar surface area (TPSA) is 0 Å². The summed E-state index contributed by atoms with van der Waals surface area (Å²) in [6, 6.07) is 8.08. The second kappa shape index (κ2) is 7.59. The van der Waals surface area contributed by atoms with Crippen LogP contribution < -0.4 is 0 Å². The van der Waals surface area contributed by atoms with Crippen molar-refractivity contribution in [3.05, 3.63) is 34.9 Å². The number of alkyl halides is 1. The van der Waals surface area contributed by atoms with E-state index in [1.54, 1.807) is 0 Å². The van der Waals surface area contributed by atoms with Gasteiger partial charge in [-0.3, -0.25) is 0 Å². The molecule has 0 aliphatic carbocycles. The third-order valence-electron chi connectivity index (χ3n) is 2.36. The van der Waals surface area contributed by atoms with Crippen LogP contribution in [0.5, 0.6) is 0 Å². The molecule has 0 amide bonds. The van der Waals surface area contributed by atoms with Gasteiger partial charge in [0, 0.05) is 16.1 Å². The van der Waals surface area contributed by atoms with Gasteiger partial charge in [0.15, 0.2) is 0 Å². The molecule has 0 fully saturated rings. The van der Waals surface area contributed by atoms with Crippen LogP contribution in [0.1, 0.15) is 18.9 Å². The summed E-state index contributed by atoms with van der Waals surface area (Å²) in [6.45, 7) is 2.24. The molecule has 0 aliphatic heterocycles. The number of rotatable bonds is 6. The molecule has 0 bridgehead atoms. The van der Waals surface area contributed by atoms with Crippen LogP contribution in [0, 0.1) is 5.92 Å². The van der Waals surface area contributed by atoms with E-state index in [4.69, 9.17) is 11.6 Å². The SMILES string of the molecule is CCC(CBr)CSCc1ccccc1Cl. The van der Waals surface area contributed by atoms with E-state index in [1.165, 1.54) is 17.7 Å². The molecule has 0 aromatic heterocycles. The van der Waals surface area contributed by atoms with Crippen molar-refractivity contribution in [3.63, 3.8) is 0 Å². The minimum absolute atomic E-state index is 0.775. The molecule has 0 nitrogen and oxygen atoms in total. The van der Waals surface area contributed by atoms with Crippen LogP contribution >= 0.6 is 39.3 Å². The Morgan fingerprint density at radius 1 is 1.40 bits per heavy atom. The number of hydrogen-bond donors (Lipinski definition) is 0. The lowest BCUT2D eigenvalue weighted by atomic mass is 10.2. The van der Waals surface area contributed by atoms with E-state index in [9.17, 15) is 0 Å². The quantitative estimate of drug-likeness (QED) is 0.667. The number of benzene rings is 1. The van der Waals surface area contributed by atoms with E-state index >= 15 is 0 Å². The number of hydrogen-bond acceptors (Lipinski definition) is 1. The smallest absolute Gasteiger partial charge is 0.0446 e. The third-order valence-corrected chi connectivity index (χ3v) is 4.87. The van der Waals surface area contributed by atoms with Crippen molar-refractivity contribution in [1.29, 1.82) is 0 Å². The molecule has 0 N–H and O–H groups in total. The van der Waals surface area contributed by atoms with Gasteiger partial charge < -0.3 is 0 Å². The van der Waals surface area contributed by atoms with Crippen molar-refractivity contribution < 1.29 is 0 Å². The highest BCUT2D eigenvalue weighted by Gasteiger charge is 2.05. The minimum atomic E-state index is 0.775. The zero-order chi connectivity index (χ0) is 11.1. The van der Waals surface area contributed by atoms with Crippen LogP contribution in [0.3, 0.4) is 0 Å². The van der Waals surface area contributed by atoms with Crippen LogP contribution in [0.2, 0.25) is 5.02 Å². The first-order chi connectivity index (χ1) is 7.27. The summed E-state index contributed by atoms with van der Waals surface area (Å²) in [7, 11) is 0. The van der Waals surface area contributed by atoms with Crippen LogP contribution in [0.25, 0.3) is 0 Å². The molecule has 0 aliphatic rings. The molecular formula is C12H16BrClS. The molecule has 1 atom stereocenters. The van der Waals surface area contributed by atoms with E-state index in [0.29, 0.717) is 0 Å². The minimum Gasteiger partial charge on any atom is -0.157 e. The maximum atomic E-state index is 6.08. The second-order valence-electron chi connectivity index (χ2n) is 3.54. The molecule has 0 radical (unpaired) electrons. The van der Waals surface area contributed by atoms with Crippen molar-refractivity contribution in [3.8, 4) is 0 Å². The summed E-state index contributed by atoms with van der Waals surface area (Å²) in [5.74, 6) is 2.99. The predicted molar refractivity (Wildman–Crippen MR) is 75.2 cm³/mol. The fraction of sp³-hybridized carbons (Fsp3) is 0.500. The lowest BCUT2D eigenvalue weighted by Gasteiger charge is -2.10. The van der Waals surface area contributed by atoms with Gasteiger partial charge >= 0.3 is 0 Å². The Kier molecular flexibility index (Phi) is 6.78. The predicted octanol–water partition coefficient (Wildman–Crippen LogP) is 4.99. The van der Waals surface area contributed by atoms with Crippen LogP contribution in [-0.2, 0) is 5.75 Å². The number of halogens is 2. The Bertz CT molecular complexity index is 287. The first-order valence-electron chi connectivity index (χ1n) is 5.15. The highest BCUT2D eigenvalue weighted by molar-refractivity contribution is 9.09. The largest absolute Gasteiger partial charge is 0.157 e. The highest BCUT2D eigenvalue weighted by Crippen LogP contribution is 2.23. The summed E-state index contributed by atoms with van der Waals surface area (Å²) in [6.07, 6.45) is 1.24. The monoisotopic (exact) mass is 306 g/mol. The molecule has 1 unspecified atom stereocenters. The van der Waals surface area contributed by atoms with Crippen molar-refractivity contribution in [2.75, 3.05) is 11.1 Å². The highest BCUT2D eigenvalue weighted by atomic mass is 79.9. The molecule has 0 saturated carbocycles. The lowest BCUT2D eigenvalue weighted by molar-refractivity contribution is 0.652. The van der Waals surface area contributed by atoms with Crippen molar-refractivity contribution in [2.45, 2.75) is 19.1 Å². The fourth-order valence-electron chi connectivity index (χ4n) is 1.22. The Morgan fingerprint density at radius 2 is 2.13 bits per heavy atom. The maximum Gasteiger partial charge on any atom is 0.0446 e. The summed E-state index contributed by atoms with van der Waals surface area (Å²) in [5, 5.41) is 1.98. The van der Waals surface area contributed by atoms with Gasteiger partial charge in [0.25, 0.3) is 0 Å². The van der Waals surface area contributed by atoms with Gasteiger partial charge in [-0.15, -0.1) is 0 Å². The molecule has 84 valence electrons. The lowest BCUT2D eigenvalue weighted by Crippen LogP contribution is -2.03. The Morgan fingerprint density at radius 3 is 2.73 bits per heavy atom. The third kappa shape index (κ3) is 4.80. The van der Waals surface area contributed by atoms with E-state index in [-0.39, 0.29) is 0 Å². The average Bonchev–Trinajstić information content (AvgIpc) is 2.27. The van der Waals surface area contributed by atoms with E-state index in [2.05, 4.69) is 28.9 Å². The normalized spacial score (nSPS) is 12.7. The number of thioether (sulfide) groups is 1. The van der Waals surface area contributed by atoms with Gasteiger partial charge in [0.1, 0.15) is 0 Å². The van der Waals surface area contributed by atoms with E-state index < -0.39 is 0 Å². The molecule has 1 rings (SSSR count). The summed E-state index contributed by atoms with van der Waals surface area (Å²) in [4.78, 5) is 0. The fourth-order valence-corrected chi connectivity index (χ4v) is 3.77. The summed E-state index contributed by atoms with van der Waals surface area (Å²) in [5.41, 5.74) is 1.24. The molecule has 0 spiro atoms. The van der Waals surface area contributed by atoms with Crippen molar-refractivity contribution >= 4 is 39.3 Å². The summed E-state index contributed by atoms with van der Waals surface area (Å²) >= 11 is 11.6. The molecule has 0 saturated heterocycles. The van der Waals surface area contributed by atoms with Gasteiger partial charge in [-0.05, 0) is 23.3 Å². The van der Waals surface area contributed by atoms with Gasteiger partial charge in [0.2, 0.25) is 0 Å². The Balaban J connectivity index is 2.34. The molecule has 3 heteroatoms. The average molecular weight is 308 g/mol. The van der Waals surface area contributed by atoms with Gasteiger partial charge in [-0.2, -0.15) is 11.8 Å². The molecule has 0 heterocycles. The Hall–Kier alpha value is 0.340. The van der Waals surface area contributed by atoms with Gasteiger partial charge in [-0.25, -0.2) is 0 Å². The summed E-state index contributed by atoms with van der Waals surface area (Å²) < 4.78 is 0. The zero-order valence-electron chi connectivity index (χ0n) is 8.88. The van der Waals surface area contributed by atoms with Gasteiger partial charge in [0.05, 0.1) is 0 Å². The second-order valence-corrected chi connectivity index (χ2v) is 5.62. The van der Waals surface area contributed by atoms with Crippen LogP contribution in [0.15, 0.2) is 24.3 Å². The Labute approximate surface area is 110 Å². The van der Waals surface area contributed by atoms with Crippen molar-refractivity contribution in [2.24, 2.45) is 5.92 Å². The molecule has 15 heavy (non-hydrogen) atoms.